The molecule has 0 fully saturated rings. The molecule has 0 aliphatic heterocycles. The second kappa shape index (κ2) is 9.05. The van der Waals surface area contributed by atoms with Gasteiger partial charge in [0.1, 0.15) is 5.69 Å². The van der Waals surface area contributed by atoms with Gasteiger partial charge in [0.2, 0.25) is 0 Å². The maximum absolute atomic E-state index is 12.7. The molecule has 0 bridgehead atoms. The Balaban J connectivity index is 1.80. The Morgan fingerprint density at radius 1 is 1.07 bits per heavy atom. The van der Waals surface area contributed by atoms with Crippen molar-refractivity contribution in [3.05, 3.63) is 94.5 Å². The number of hydrogen-bond donors (Lipinski definition) is 2. The summed E-state index contributed by atoms with van der Waals surface area (Å²) in [6.45, 7) is 0. The molecule has 3 N–H and O–H groups in total. The first kappa shape index (κ1) is 18.7. The second-order valence-electron chi connectivity index (χ2n) is 5.79. The number of benzene rings is 1. The lowest BCUT2D eigenvalue weighted by Gasteiger charge is -2.16. The molecule has 6 nitrogen and oxygen atoms in total. The van der Waals surface area contributed by atoms with E-state index in [9.17, 15) is 4.79 Å². The number of halogens is 1. The van der Waals surface area contributed by atoms with Gasteiger partial charge in [0, 0.05) is 28.9 Å². The van der Waals surface area contributed by atoms with Crippen molar-refractivity contribution in [1.29, 1.82) is 0 Å². The van der Waals surface area contributed by atoms with Crippen molar-refractivity contribution >= 4 is 27.5 Å². The minimum atomic E-state index is -0.417. The molecule has 3 aromatic rings. The van der Waals surface area contributed by atoms with Crippen molar-refractivity contribution < 1.29 is 4.79 Å². The van der Waals surface area contributed by atoms with Gasteiger partial charge in [-0.1, -0.05) is 40.2 Å². The highest BCUT2D eigenvalue weighted by Crippen LogP contribution is 2.19. The Kier molecular flexibility index (Phi) is 6.27. The predicted molar refractivity (Wildman–Crippen MR) is 108 cm³/mol. The fourth-order valence-electron chi connectivity index (χ4n) is 2.48. The van der Waals surface area contributed by atoms with Crippen LogP contribution in [0.5, 0.6) is 0 Å². The van der Waals surface area contributed by atoms with E-state index < -0.39 is 6.04 Å². The average Bonchev–Trinajstić information content (AvgIpc) is 2.72. The summed E-state index contributed by atoms with van der Waals surface area (Å²) in [5.74, 6) is 0.220. The summed E-state index contributed by atoms with van der Waals surface area (Å²) in [5, 5.41) is 4.22. The van der Waals surface area contributed by atoms with E-state index in [1.165, 1.54) is 0 Å². The molecule has 27 heavy (non-hydrogen) atoms. The number of nitrogens with one attached hydrogen (secondary N) is 1. The third-order valence-corrected chi connectivity index (χ3v) is 4.34. The molecule has 3 rings (SSSR count). The molecule has 0 saturated heterocycles. The zero-order chi connectivity index (χ0) is 19.1. The smallest absolute Gasteiger partial charge is 0.169 e. The molecule has 136 valence electrons. The van der Waals surface area contributed by atoms with Gasteiger partial charge in [-0.2, -0.15) is 5.10 Å². The van der Waals surface area contributed by atoms with Gasteiger partial charge in [-0.15, -0.1) is 0 Å². The van der Waals surface area contributed by atoms with Crippen LogP contribution >= 0.6 is 15.9 Å². The largest absolute Gasteiger partial charge is 0.380 e. The topological polar surface area (TPSA) is 93.3 Å². The Morgan fingerprint density at radius 3 is 2.52 bits per heavy atom. The first-order valence-electron chi connectivity index (χ1n) is 8.33. The van der Waals surface area contributed by atoms with Crippen LogP contribution in [0.4, 0.5) is 0 Å². The van der Waals surface area contributed by atoms with E-state index >= 15 is 0 Å². The molecule has 0 amide bonds. The summed E-state index contributed by atoms with van der Waals surface area (Å²) < 4.78 is 0.855. The van der Waals surface area contributed by atoms with Gasteiger partial charge in [0.25, 0.3) is 0 Å². The number of carbonyl (C=O) groups excluding carboxylic acids is 1. The molecule has 1 unspecified atom stereocenters. The summed E-state index contributed by atoms with van der Waals surface area (Å²) in [5.41, 5.74) is 10.9. The molecule has 0 aliphatic carbocycles. The zero-order valence-electron chi connectivity index (χ0n) is 14.4. The number of hydrazone groups is 1. The van der Waals surface area contributed by atoms with Crippen molar-refractivity contribution in [2.45, 2.75) is 12.5 Å². The van der Waals surface area contributed by atoms with Crippen LogP contribution in [0.2, 0.25) is 0 Å². The second-order valence-corrected chi connectivity index (χ2v) is 6.70. The third-order valence-electron chi connectivity index (χ3n) is 3.85. The standard InChI is InChI=1S/C20H18BrN5O/c21-15-7-5-6-14(12-15)19(27)13-18(16-8-1-3-10-23-16)25-26-20(22)17-9-2-4-11-24-17/h1-12,18,25H,13H2,(H2,22,26). The van der Waals surface area contributed by atoms with Crippen LogP contribution < -0.4 is 11.2 Å². The van der Waals surface area contributed by atoms with Crippen LogP contribution in [0.1, 0.15) is 34.2 Å². The quantitative estimate of drug-likeness (QED) is 0.262. The van der Waals surface area contributed by atoms with Crippen molar-refractivity contribution in [3.8, 4) is 0 Å². The van der Waals surface area contributed by atoms with Gasteiger partial charge in [-0.25, -0.2) is 0 Å². The van der Waals surface area contributed by atoms with Crippen molar-refractivity contribution in [1.82, 2.24) is 15.4 Å². The van der Waals surface area contributed by atoms with Crippen molar-refractivity contribution in [3.63, 3.8) is 0 Å². The number of pyridine rings is 2. The minimum Gasteiger partial charge on any atom is -0.380 e. The number of amidine groups is 1. The van der Waals surface area contributed by atoms with Crippen LogP contribution in [0.3, 0.4) is 0 Å². The number of hydrogen-bond acceptors (Lipinski definition) is 5. The molecule has 1 aromatic carbocycles. The number of rotatable bonds is 7. The number of nitrogens with two attached hydrogens (primary N) is 1. The summed E-state index contributed by atoms with van der Waals surface area (Å²) in [6.07, 6.45) is 3.51. The molecule has 7 heteroatoms. The van der Waals surface area contributed by atoms with Crippen LogP contribution in [0.25, 0.3) is 0 Å². The van der Waals surface area contributed by atoms with E-state index in [0.29, 0.717) is 17.0 Å². The van der Waals surface area contributed by atoms with Crippen LogP contribution in [0.15, 0.2) is 82.6 Å². The number of aromatic nitrogens is 2. The van der Waals surface area contributed by atoms with Crippen LogP contribution in [-0.4, -0.2) is 21.6 Å². The van der Waals surface area contributed by atoms with E-state index in [-0.39, 0.29) is 18.0 Å². The Morgan fingerprint density at radius 2 is 1.85 bits per heavy atom. The summed E-state index contributed by atoms with van der Waals surface area (Å²) >= 11 is 3.39. The summed E-state index contributed by atoms with van der Waals surface area (Å²) in [6, 6.07) is 17.8. The van der Waals surface area contributed by atoms with E-state index in [2.05, 4.69) is 36.4 Å². The lowest BCUT2D eigenvalue weighted by Crippen LogP contribution is -2.25. The maximum atomic E-state index is 12.7. The normalized spacial score (nSPS) is 12.4. The first-order valence-corrected chi connectivity index (χ1v) is 9.12. The van der Waals surface area contributed by atoms with Gasteiger partial charge >= 0.3 is 0 Å². The maximum Gasteiger partial charge on any atom is 0.169 e. The van der Waals surface area contributed by atoms with E-state index in [4.69, 9.17) is 5.73 Å². The number of carbonyl (C=O) groups is 1. The van der Waals surface area contributed by atoms with Gasteiger partial charge < -0.3 is 5.73 Å². The first-order chi connectivity index (χ1) is 13.1. The molecule has 2 heterocycles. The van der Waals surface area contributed by atoms with Crippen LogP contribution in [0, 0.1) is 0 Å². The Labute approximate surface area is 165 Å². The molecule has 2 aromatic heterocycles. The number of ketones is 1. The van der Waals surface area contributed by atoms with E-state index in [1.54, 1.807) is 36.7 Å². The Bertz CT molecular complexity index is 931. The zero-order valence-corrected chi connectivity index (χ0v) is 16.0. The van der Waals surface area contributed by atoms with Gasteiger partial charge in [-0.05, 0) is 36.4 Å². The average molecular weight is 424 g/mol. The van der Waals surface area contributed by atoms with E-state index in [0.717, 1.165) is 4.47 Å². The Hall–Kier alpha value is -3.06. The highest BCUT2D eigenvalue weighted by atomic mass is 79.9. The lowest BCUT2D eigenvalue weighted by atomic mass is 10.0. The molecular weight excluding hydrogens is 406 g/mol. The van der Waals surface area contributed by atoms with Crippen molar-refractivity contribution in [2.75, 3.05) is 0 Å². The van der Waals surface area contributed by atoms with Crippen molar-refractivity contribution in [2.24, 2.45) is 10.8 Å². The lowest BCUT2D eigenvalue weighted by molar-refractivity contribution is 0.0968. The minimum absolute atomic E-state index is 0.0222. The van der Waals surface area contributed by atoms with Gasteiger partial charge in [0.15, 0.2) is 11.6 Å². The summed E-state index contributed by atoms with van der Waals surface area (Å²) in [4.78, 5) is 21.2. The molecule has 0 spiro atoms. The molecule has 0 saturated carbocycles. The van der Waals surface area contributed by atoms with Crippen LogP contribution in [-0.2, 0) is 0 Å². The molecular formula is C20H18BrN5O. The monoisotopic (exact) mass is 423 g/mol. The van der Waals surface area contributed by atoms with Gasteiger partial charge in [-0.3, -0.25) is 20.2 Å². The van der Waals surface area contributed by atoms with Gasteiger partial charge in [0.05, 0.1) is 11.7 Å². The SMILES string of the molecule is N/C(=N\NC(CC(=O)c1cccc(Br)c1)c1ccccn1)c1ccccn1. The third kappa shape index (κ3) is 5.21. The highest BCUT2D eigenvalue weighted by molar-refractivity contribution is 9.10. The number of nitrogens with zero attached hydrogens (tertiary/aromatic N) is 3. The number of Topliss-reactive ketones (excluding diaryl/α,β-unsaturated/α-hetero) is 1. The molecule has 0 radical (unpaired) electrons. The molecule has 0 aliphatic rings. The highest BCUT2D eigenvalue weighted by Gasteiger charge is 2.18. The van der Waals surface area contributed by atoms with E-state index in [1.807, 2.05) is 36.4 Å². The summed E-state index contributed by atoms with van der Waals surface area (Å²) in [7, 11) is 0. The fourth-order valence-corrected chi connectivity index (χ4v) is 2.88. The predicted octanol–water partition coefficient (Wildman–Crippen LogP) is 3.46. The fraction of sp³-hybridized carbons (Fsp3) is 0.100. The molecule has 1 atom stereocenters.